The Labute approximate surface area is 200 Å². The minimum atomic E-state index is -0.786. The van der Waals surface area contributed by atoms with Crippen LogP contribution in [0.25, 0.3) is 0 Å². The van der Waals surface area contributed by atoms with Gasteiger partial charge in [0.2, 0.25) is 5.91 Å². The number of carbonyl (C=O) groups is 2. The van der Waals surface area contributed by atoms with Gasteiger partial charge in [-0.3, -0.25) is 9.59 Å². The van der Waals surface area contributed by atoms with Gasteiger partial charge in [-0.2, -0.15) is 0 Å². The molecule has 0 bridgehead atoms. The Balaban J connectivity index is 1.44. The molecule has 11 heteroatoms. The molecule has 0 spiro atoms. The van der Waals surface area contributed by atoms with E-state index >= 15 is 0 Å². The van der Waals surface area contributed by atoms with Gasteiger partial charge < -0.3 is 26.2 Å². The van der Waals surface area contributed by atoms with E-state index in [0.29, 0.717) is 24.5 Å². The normalized spacial score (nSPS) is 13.5. The molecule has 2 amide bonds. The minimum Gasteiger partial charge on any atom is -0.379 e. The first kappa shape index (κ1) is 23.9. The monoisotopic (exact) mass is 481 g/mol. The summed E-state index contributed by atoms with van der Waals surface area (Å²) in [5.74, 6) is -1.74. The molecule has 0 saturated carbocycles. The van der Waals surface area contributed by atoms with E-state index in [9.17, 15) is 18.4 Å². The Morgan fingerprint density at radius 3 is 2.23 bits per heavy atom. The molecule has 4 N–H and O–H groups in total. The molecule has 182 valence electrons. The van der Waals surface area contributed by atoms with Crippen molar-refractivity contribution in [2.75, 3.05) is 41.7 Å². The van der Waals surface area contributed by atoms with Gasteiger partial charge in [0.25, 0.3) is 5.91 Å². The summed E-state index contributed by atoms with van der Waals surface area (Å²) in [5, 5.41) is 14.0. The van der Waals surface area contributed by atoms with Gasteiger partial charge in [-0.25, -0.2) is 8.78 Å². The van der Waals surface area contributed by atoms with Crippen molar-refractivity contribution < 1.29 is 18.4 Å². The molecule has 1 saturated heterocycles. The van der Waals surface area contributed by atoms with Gasteiger partial charge in [0, 0.05) is 63.2 Å². The number of hydrogen-bond acceptors (Lipinski definition) is 7. The average molecular weight is 482 g/mol. The Morgan fingerprint density at radius 1 is 0.971 bits per heavy atom. The van der Waals surface area contributed by atoms with Crippen LogP contribution in [-0.2, 0) is 11.3 Å². The SMILES string of the molecule is CC(=O)N1CCN(c2ccc(Nc3cc(NCc4cc(F)cc(F)c4)c(C(N)=O)nn3)cc2)CC1. The summed E-state index contributed by atoms with van der Waals surface area (Å²) in [6, 6.07) is 12.4. The molecule has 0 aliphatic carbocycles. The van der Waals surface area contributed by atoms with E-state index in [-0.39, 0.29) is 23.8 Å². The Kier molecular flexibility index (Phi) is 7.04. The number of anilines is 4. The van der Waals surface area contributed by atoms with Gasteiger partial charge in [0.05, 0.1) is 5.69 Å². The second-order valence-electron chi connectivity index (χ2n) is 8.15. The topological polar surface area (TPSA) is 116 Å². The van der Waals surface area contributed by atoms with E-state index in [4.69, 9.17) is 5.73 Å². The van der Waals surface area contributed by atoms with Gasteiger partial charge in [0.15, 0.2) is 11.5 Å². The molecule has 1 aliphatic heterocycles. The van der Waals surface area contributed by atoms with Crippen LogP contribution in [0.1, 0.15) is 23.0 Å². The van der Waals surface area contributed by atoms with E-state index in [1.165, 1.54) is 12.1 Å². The number of carbonyl (C=O) groups excluding carboxylic acids is 2. The summed E-state index contributed by atoms with van der Waals surface area (Å²) in [6.07, 6.45) is 0. The van der Waals surface area contributed by atoms with Crippen LogP contribution >= 0.6 is 0 Å². The molecule has 0 radical (unpaired) electrons. The number of piperazine rings is 1. The first-order valence-electron chi connectivity index (χ1n) is 11.0. The molecule has 0 atom stereocenters. The Bertz CT molecular complexity index is 1210. The molecule has 2 aromatic carbocycles. The smallest absolute Gasteiger partial charge is 0.271 e. The van der Waals surface area contributed by atoms with Gasteiger partial charge >= 0.3 is 0 Å². The Morgan fingerprint density at radius 2 is 1.63 bits per heavy atom. The second kappa shape index (κ2) is 10.3. The largest absolute Gasteiger partial charge is 0.379 e. The van der Waals surface area contributed by atoms with Crippen molar-refractivity contribution in [3.8, 4) is 0 Å². The van der Waals surface area contributed by atoms with Crippen molar-refractivity contribution in [2.24, 2.45) is 5.73 Å². The van der Waals surface area contributed by atoms with E-state index in [2.05, 4.69) is 25.7 Å². The highest BCUT2D eigenvalue weighted by Crippen LogP contribution is 2.24. The first-order valence-corrected chi connectivity index (χ1v) is 11.0. The lowest BCUT2D eigenvalue weighted by Crippen LogP contribution is -2.48. The van der Waals surface area contributed by atoms with Gasteiger partial charge in [0.1, 0.15) is 11.6 Å². The maximum atomic E-state index is 13.5. The number of amides is 2. The number of primary amides is 1. The zero-order chi connectivity index (χ0) is 24.9. The quantitative estimate of drug-likeness (QED) is 0.475. The fraction of sp³-hybridized carbons (Fsp3) is 0.250. The average Bonchev–Trinajstić information content (AvgIpc) is 2.83. The number of nitrogens with zero attached hydrogens (tertiary/aromatic N) is 4. The molecular weight excluding hydrogens is 456 g/mol. The molecule has 3 aromatic rings. The minimum absolute atomic E-state index is 0.0473. The molecule has 4 rings (SSSR count). The van der Waals surface area contributed by atoms with Crippen LogP contribution in [0.15, 0.2) is 48.5 Å². The molecule has 0 unspecified atom stereocenters. The number of rotatable bonds is 7. The molecule has 35 heavy (non-hydrogen) atoms. The third-order valence-electron chi connectivity index (χ3n) is 5.66. The van der Waals surface area contributed by atoms with Crippen molar-refractivity contribution in [1.29, 1.82) is 0 Å². The molecule has 1 fully saturated rings. The van der Waals surface area contributed by atoms with Crippen LogP contribution in [0.4, 0.5) is 31.7 Å². The number of nitrogens with two attached hydrogens (primary N) is 1. The van der Waals surface area contributed by atoms with Crippen molar-refractivity contribution in [3.63, 3.8) is 0 Å². The first-order chi connectivity index (χ1) is 16.8. The fourth-order valence-electron chi connectivity index (χ4n) is 3.86. The number of hydrogen-bond donors (Lipinski definition) is 3. The molecular formula is C24H25F2N7O2. The van der Waals surface area contributed by atoms with Crippen LogP contribution in [0.5, 0.6) is 0 Å². The number of aromatic nitrogens is 2. The van der Waals surface area contributed by atoms with E-state index in [0.717, 1.165) is 30.5 Å². The maximum Gasteiger partial charge on any atom is 0.271 e. The number of halogens is 2. The highest BCUT2D eigenvalue weighted by Gasteiger charge is 2.19. The zero-order valence-electron chi connectivity index (χ0n) is 19.1. The van der Waals surface area contributed by atoms with E-state index in [1.54, 1.807) is 13.0 Å². The van der Waals surface area contributed by atoms with Crippen LogP contribution in [0, 0.1) is 11.6 Å². The van der Waals surface area contributed by atoms with Crippen molar-refractivity contribution in [1.82, 2.24) is 15.1 Å². The van der Waals surface area contributed by atoms with E-state index in [1.807, 2.05) is 29.2 Å². The second-order valence-corrected chi connectivity index (χ2v) is 8.15. The third-order valence-corrected chi connectivity index (χ3v) is 5.66. The fourth-order valence-corrected chi connectivity index (χ4v) is 3.86. The third kappa shape index (κ3) is 5.99. The van der Waals surface area contributed by atoms with E-state index < -0.39 is 17.5 Å². The summed E-state index contributed by atoms with van der Waals surface area (Å²) < 4.78 is 26.9. The predicted octanol–water partition coefficient (Wildman–Crippen LogP) is 2.88. The van der Waals surface area contributed by atoms with Crippen LogP contribution in [-0.4, -0.2) is 53.1 Å². The van der Waals surface area contributed by atoms with Gasteiger partial charge in [-0.15, -0.1) is 10.2 Å². The zero-order valence-corrected chi connectivity index (χ0v) is 19.1. The van der Waals surface area contributed by atoms with Crippen LogP contribution in [0.2, 0.25) is 0 Å². The number of nitrogens with one attached hydrogen (secondary N) is 2. The summed E-state index contributed by atoms with van der Waals surface area (Å²) >= 11 is 0. The molecule has 1 aliphatic rings. The van der Waals surface area contributed by atoms with Gasteiger partial charge in [-0.1, -0.05) is 0 Å². The summed E-state index contributed by atoms with van der Waals surface area (Å²) in [4.78, 5) is 27.3. The van der Waals surface area contributed by atoms with Crippen molar-refractivity contribution in [3.05, 3.63) is 71.4 Å². The number of benzene rings is 2. The maximum absolute atomic E-state index is 13.5. The summed E-state index contributed by atoms with van der Waals surface area (Å²) in [5.41, 5.74) is 7.72. The van der Waals surface area contributed by atoms with Crippen molar-refractivity contribution in [2.45, 2.75) is 13.5 Å². The predicted molar refractivity (Wildman–Crippen MR) is 128 cm³/mol. The lowest BCUT2D eigenvalue weighted by molar-refractivity contribution is -0.129. The highest BCUT2D eigenvalue weighted by molar-refractivity contribution is 5.96. The highest BCUT2D eigenvalue weighted by atomic mass is 19.1. The lowest BCUT2D eigenvalue weighted by Gasteiger charge is -2.35. The van der Waals surface area contributed by atoms with Crippen LogP contribution in [0.3, 0.4) is 0 Å². The van der Waals surface area contributed by atoms with Crippen LogP contribution < -0.4 is 21.3 Å². The lowest BCUT2D eigenvalue weighted by atomic mass is 10.2. The summed E-state index contributed by atoms with van der Waals surface area (Å²) in [6.45, 7) is 4.53. The molecule has 1 aromatic heterocycles. The summed E-state index contributed by atoms with van der Waals surface area (Å²) in [7, 11) is 0. The van der Waals surface area contributed by atoms with Gasteiger partial charge in [-0.05, 0) is 42.0 Å². The van der Waals surface area contributed by atoms with Crippen molar-refractivity contribution >= 4 is 34.7 Å². The molecule has 2 heterocycles. The standard InChI is InChI=1S/C24H25F2N7O2/c1-15(34)32-6-8-33(9-7-32)20-4-2-19(3-5-20)29-22-13-21(23(24(27)35)31-30-22)28-14-16-10-17(25)12-18(26)11-16/h2-5,10-13H,6-9,14H2,1H3,(H2,27,35)(H2,28,29,30). The molecule has 9 nitrogen and oxygen atoms in total. The Hall–Kier alpha value is -4.28.